The Morgan fingerprint density at radius 1 is 1.32 bits per heavy atom. The molecule has 1 N–H and O–H groups in total. The number of carbonyl (C=O) groups is 2. The third-order valence-corrected chi connectivity index (χ3v) is 5.71. The molecular formula is C21H27N3O3S. The lowest BCUT2D eigenvalue weighted by molar-refractivity contribution is -0.136. The second-order valence-corrected chi connectivity index (χ2v) is 8.36. The van der Waals surface area contributed by atoms with Crippen molar-refractivity contribution in [2.45, 2.75) is 39.5 Å². The molecule has 1 aliphatic rings. The van der Waals surface area contributed by atoms with Gasteiger partial charge in [-0.05, 0) is 42.9 Å². The molecule has 2 heterocycles. The molecule has 0 radical (unpaired) electrons. The van der Waals surface area contributed by atoms with E-state index in [0.717, 1.165) is 16.9 Å². The molecule has 0 spiro atoms. The topological polar surface area (TPSA) is 71.5 Å². The summed E-state index contributed by atoms with van der Waals surface area (Å²) in [6, 6.07) is 6.11. The normalized spacial score (nSPS) is 14.9. The van der Waals surface area contributed by atoms with E-state index >= 15 is 0 Å². The highest BCUT2D eigenvalue weighted by molar-refractivity contribution is 7.13. The Labute approximate surface area is 169 Å². The highest BCUT2D eigenvalue weighted by atomic mass is 32.1. The van der Waals surface area contributed by atoms with Crippen molar-refractivity contribution in [1.29, 1.82) is 0 Å². The van der Waals surface area contributed by atoms with Crippen LogP contribution in [0.4, 0.5) is 5.13 Å². The number of anilines is 1. The zero-order chi connectivity index (χ0) is 20.1. The van der Waals surface area contributed by atoms with E-state index in [1.54, 1.807) is 11.1 Å². The van der Waals surface area contributed by atoms with E-state index < -0.39 is 0 Å². The first-order valence-corrected chi connectivity index (χ1v) is 10.5. The molecule has 0 bridgehead atoms. The fourth-order valence-corrected chi connectivity index (χ4v) is 3.89. The highest BCUT2D eigenvalue weighted by Crippen LogP contribution is 2.28. The summed E-state index contributed by atoms with van der Waals surface area (Å²) in [6.45, 7) is 7.41. The summed E-state index contributed by atoms with van der Waals surface area (Å²) in [6.07, 6.45) is 2.98. The maximum absolute atomic E-state index is 12.6. The molecule has 2 aromatic rings. The smallest absolute Gasteiger partial charge is 0.260 e. The monoisotopic (exact) mass is 401 g/mol. The van der Waals surface area contributed by atoms with Gasteiger partial charge in [-0.25, -0.2) is 4.98 Å². The zero-order valence-corrected chi connectivity index (χ0v) is 17.4. The summed E-state index contributed by atoms with van der Waals surface area (Å²) in [7, 11) is 0. The average molecular weight is 402 g/mol. The minimum Gasteiger partial charge on any atom is -0.483 e. The number of hydrogen-bond donors (Lipinski definition) is 1. The molecule has 1 saturated heterocycles. The second kappa shape index (κ2) is 9.19. The number of rotatable bonds is 6. The van der Waals surface area contributed by atoms with Crippen LogP contribution in [0.1, 0.15) is 43.7 Å². The average Bonchev–Trinajstić information content (AvgIpc) is 3.19. The van der Waals surface area contributed by atoms with Crippen LogP contribution < -0.4 is 10.1 Å². The molecular weight excluding hydrogens is 374 g/mol. The summed E-state index contributed by atoms with van der Waals surface area (Å²) in [5, 5.41) is 5.30. The number of nitrogens with one attached hydrogen (secondary N) is 1. The first-order chi connectivity index (χ1) is 13.4. The van der Waals surface area contributed by atoms with Gasteiger partial charge in [-0.1, -0.05) is 26.0 Å². The van der Waals surface area contributed by atoms with Crippen molar-refractivity contribution in [2.75, 3.05) is 25.0 Å². The van der Waals surface area contributed by atoms with Crippen molar-refractivity contribution in [3.8, 4) is 5.75 Å². The van der Waals surface area contributed by atoms with Gasteiger partial charge >= 0.3 is 0 Å². The number of piperidine rings is 1. The van der Waals surface area contributed by atoms with Crippen molar-refractivity contribution >= 4 is 28.3 Å². The van der Waals surface area contributed by atoms with Crippen LogP contribution in [-0.2, 0) is 9.59 Å². The Balaban J connectivity index is 1.49. The third-order valence-electron chi connectivity index (χ3n) is 5.02. The summed E-state index contributed by atoms with van der Waals surface area (Å²) >= 11 is 1.41. The van der Waals surface area contributed by atoms with E-state index in [1.165, 1.54) is 11.3 Å². The standard InChI is InChI=1S/C21H27N3O3S/c1-14(2)17-5-4-15(3)12-18(17)27-13-19(25)24-9-6-16(7-10-24)20(26)23-21-22-8-11-28-21/h4-5,8,11-12,14,16H,6-7,9-10,13H2,1-3H3,(H,22,23,26). The molecule has 28 heavy (non-hydrogen) atoms. The van der Waals surface area contributed by atoms with E-state index in [-0.39, 0.29) is 24.3 Å². The number of aromatic nitrogens is 1. The van der Waals surface area contributed by atoms with Crippen LogP contribution >= 0.6 is 11.3 Å². The van der Waals surface area contributed by atoms with Crippen molar-refractivity contribution in [3.05, 3.63) is 40.9 Å². The van der Waals surface area contributed by atoms with Gasteiger partial charge in [0.2, 0.25) is 5.91 Å². The number of ether oxygens (including phenoxy) is 1. The number of hydrogen-bond acceptors (Lipinski definition) is 5. The van der Waals surface area contributed by atoms with Gasteiger partial charge in [0.25, 0.3) is 5.91 Å². The molecule has 1 aromatic heterocycles. The molecule has 0 aliphatic carbocycles. The summed E-state index contributed by atoms with van der Waals surface area (Å²) < 4.78 is 5.86. The third kappa shape index (κ3) is 5.10. The number of nitrogens with zero attached hydrogens (tertiary/aromatic N) is 2. The van der Waals surface area contributed by atoms with E-state index in [4.69, 9.17) is 4.74 Å². The second-order valence-electron chi connectivity index (χ2n) is 7.47. The highest BCUT2D eigenvalue weighted by Gasteiger charge is 2.28. The van der Waals surface area contributed by atoms with Crippen LogP contribution in [0.15, 0.2) is 29.8 Å². The first kappa shape index (κ1) is 20.3. The molecule has 0 atom stereocenters. The fourth-order valence-electron chi connectivity index (χ4n) is 3.36. The zero-order valence-electron chi connectivity index (χ0n) is 16.6. The quantitative estimate of drug-likeness (QED) is 0.798. The minimum atomic E-state index is -0.0850. The largest absolute Gasteiger partial charge is 0.483 e. The maximum Gasteiger partial charge on any atom is 0.260 e. The van der Waals surface area contributed by atoms with Crippen LogP contribution in [0.3, 0.4) is 0 Å². The van der Waals surface area contributed by atoms with Crippen LogP contribution in [0.2, 0.25) is 0 Å². The lowest BCUT2D eigenvalue weighted by Crippen LogP contribution is -2.43. The Morgan fingerprint density at radius 2 is 2.07 bits per heavy atom. The van der Waals surface area contributed by atoms with E-state index in [1.807, 2.05) is 18.4 Å². The number of likely N-dealkylation sites (tertiary alicyclic amines) is 1. The van der Waals surface area contributed by atoms with Gasteiger partial charge in [-0.15, -0.1) is 11.3 Å². The Morgan fingerprint density at radius 3 is 2.71 bits per heavy atom. The maximum atomic E-state index is 12.6. The molecule has 2 amide bonds. The summed E-state index contributed by atoms with van der Waals surface area (Å²) in [4.78, 5) is 30.7. The molecule has 1 fully saturated rings. The first-order valence-electron chi connectivity index (χ1n) is 9.65. The Kier molecular flexibility index (Phi) is 6.67. The van der Waals surface area contributed by atoms with Crippen LogP contribution in [0.5, 0.6) is 5.75 Å². The lowest BCUT2D eigenvalue weighted by Gasteiger charge is -2.31. The number of aryl methyl sites for hydroxylation is 1. The van der Waals surface area contributed by atoms with Crippen molar-refractivity contribution in [3.63, 3.8) is 0 Å². The van der Waals surface area contributed by atoms with Gasteiger partial charge in [0.15, 0.2) is 11.7 Å². The van der Waals surface area contributed by atoms with Gasteiger partial charge in [-0.2, -0.15) is 0 Å². The number of benzene rings is 1. The number of amides is 2. The Hall–Kier alpha value is -2.41. The molecule has 6 nitrogen and oxygen atoms in total. The number of carbonyl (C=O) groups excluding carboxylic acids is 2. The molecule has 150 valence electrons. The van der Waals surface area contributed by atoms with Gasteiger partial charge in [-0.3, -0.25) is 9.59 Å². The van der Waals surface area contributed by atoms with Gasteiger partial charge in [0.1, 0.15) is 5.75 Å². The molecule has 3 rings (SSSR count). The number of thiazole rings is 1. The summed E-state index contributed by atoms with van der Waals surface area (Å²) in [5.41, 5.74) is 2.22. The Bertz CT molecular complexity index is 812. The summed E-state index contributed by atoms with van der Waals surface area (Å²) in [5.74, 6) is 0.978. The molecule has 1 aromatic carbocycles. The van der Waals surface area contributed by atoms with Crippen molar-refractivity contribution in [2.24, 2.45) is 5.92 Å². The van der Waals surface area contributed by atoms with Gasteiger partial charge in [0.05, 0.1) is 0 Å². The SMILES string of the molecule is Cc1ccc(C(C)C)c(OCC(=O)N2CCC(C(=O)Nc3nccs3)CC2)c1. The molecule has 7 heteroatoms. The molecule has 1 aliphatic heterocycles. The van der Waals surface area contributed by atoms with Crippen molar-refractivity contribution < 1.29 is 14.3 Å². The van der Waals surface area contributed by atoms with Crippen LogP contribution in [0.25, 0.3) is 0 Å². The lowest BCUT2D eigenvalue weighted by atomic mass is 9.96. The van der Waals surface area contributed by atoms with E-state index in [9.17, 15) is 9.59 Å². The van der Waals surface area contributed by atoms with Gasteiger partial charge < -0.3 is 15.0 Å². The molecule has 0 unspecified atom stereocenters. The molecule has 0 saturated carbocycles. The van der Waals surface area contributed by atoms with E-state index in [2.05, 4.69) is 36.3 Å². The predicted octanol–water partition coefficient (Wildman–Crippen LogP) is 3.83. The van der Waals surface area contributed by atoms with Crippen LogP contribution in [-0.4, -0.2) is 41.4 Å². The minimum absolute atomic E-state index is 0.0142. The van der Waals surface area contributed by atoms with Crippen LogP contribution in [0, 0.1) is 12.8 Å². The fraction of sp³-hybridized carbons (Fsp3) is 0.476. The van der Waals surface area contributed by atoms with E-state index in [0.29, 0.717) is 37.0 Å². The predicted molar refractivity (Wildman–Crippen MR) is 111 cm³/mol. The van der Waals surface area contributed by atoms with Gasteiger partial charge in [0, 0.05) is 30.6 Å². The van der Waals surface area contributed by atoms with Crippen molar-refractivity contribution in [1.82, 2.24) is 9.88 Å².